The van der Waals surface area contributed by atoms with Gasteiger partial charge in [0.15, 0.2) is 0 Å². The quantitative estimate of drug-likeness (QED) is 0.356. The van der Waals surface area contributed by atoms with Gasteiger partial charge in [0.05, 0.1) is 0 Å². The zero-order valence-electron chi connectivity index (χ0n) is 2.26. The Kier molecular flexibility index (Phi) is 177. The minimum atomic E-state index is 0. The average Bonchev–Trinajstić information content (AvgIpc) is 0. The first-order valence-corrected chi connectivity index (χ1v) is 0. The maximum atomic E-state index is 0. The minimum absolute atomic E-state index is 0. The van der Waals surface area contributed by atoms with Crippen LogP contribution in [0.15, 0.2) is 0 Å². The van der Waals surface area contributed by atoms with Gasteiger partial charge >= 0.3 is 0 Å². The standard InChI is InChI=1S/Cr.Li.P.Se. The number of hydrogen-bond acceptors (Lipinski definition) is 0. The summed E-state index contributed by atoms with van der Waals surface area (Å²) in [6.45, 7) is 0. The van der Waals surface area contributed by atoms with Crippen molar-refractivity contribution >= 4 is 45.8 Å². The summed E-state index contributed by atoms with van der Waals surface area (Å²) in [5.41, 5.74) is 0. The number of hydrogen-bond donors (Lipinski definition) is 0. The van der Waals surface area contributed by atoms with Gasteiger partial charge < -0.3 is 0 Å². The third kappa shape index (κ3) is 8.95. The van der Waals surface area contributed by atoms with Gasteiger partial charge in [-0.05, 0) is 0 Å². The van der Waals surface area contributed by atoms with Crippen LogP contribution in [0.5, 0.6) is 0 Å². The molecule has 0 spiro atoms. The molecule has 0 N–H and O–H groups in total. The van der Waals surface area contributed by atoms with E-state index in [0.29, 0.717) is 0 Å². The Morgan fingerprint density at radius 3 is 1.00 bits per heavy atom. The van der Waals surface area contributed by atoms with Crippen molar-refractivity contribution in [2.45, 2.75) is 0 Å². The van der Waals surface area contributed by atoms with Gasteiger partial charge in [-0.2, -0.15) is 0 Å². The second-order valence-corrected chi connectivity index (χ2v) is 0. The fraction of sp³-hybridized carbons (Fsp3) is 0. The van der Waals surface area contributed by atoms with Crippen molar-refractivity contribution in [3.8, 4) is 0 Å². The first kappa shape index (κ1) is 36.3. The third-order valence-corrected chi connectivity index (χ3v) is 0. The zero-order chi connectivity index (χ0) is 0. The predicted octanol–water partition coefficient (Wildman–Crippen LogP) is 0.0971. The van der Waals surface area contributed by atoms with Crippen molar-refractivity contribution < 1.29 is 17.4 Å². The van der Waals surface area contributed by atoms with Gasteiger partial charge in [0.25, 0.3) is 0 Å². The van der Waals surface area contributed by atoms with E-state index in [4.69, 9.17) is 0 Å². The molecule has 0 aromatic heterocycles. The van der Waals surface area contributed by atoms with Gasteiger partial charge in [-0.1, -0.05) is 0 Å². The van der Waals surface area contributed by atoms with Gasteiger partial charge in [0, 0.05) is 63.2 Å². The van der Waals surface area contributed by atoms with E-state index in [1.165, 1.54) is 0 Å². The summed E-state index contributed by atoms with van der Waals surface area (Å²) in [6, 6.07) is 0. The van der Waals surface area contributed by atoms with E-state index in [9.17, 15) is 0 Å². The largest absolute Gasteiger partial charge is 0 e. The van der Waals surface area contributed by atoms with Gasteiger partial charge in [-0.3, -0.25) is 0 Å². The summed E-state index contributed by atoms with van der Waals surface area (Å²) < 4.78 is 0. The van der Waals surface area contributed by atoms with Crippen LogP contribution in [-0.2, 0) is 17.4 Å². The summed E-state index contributed by atoms with van der Waals surface area (Å²) in [4.78, 5) is 0. The fourth-order valence-electron chi connectivity index (χ4n) is 0. The van der Waals surface area contributed by atoms with E-state index in [1.54, 1.807) is 0 Å². The molecule has 0 saturated carbocycles. The molecule has 0 atom stereocenters. The first-order valence-electron chi connectivity index (χ1n) is 0. The van der Waals surface area contributed by atoms with Crippen molar-refractivity contribution in [3.63, 3.8) is 0 Å². The normalized spacial score (nSPS) is 0. The van der Waals surface area contributed by atoms with Crippen molar-refractivity contribution in [1.82, 2.24) is 0 Å². The van der Waals surface area contributed by atoms with E-state index in [2.05, 4.69) is 0 Å². The molecule has 4 heavy (non-hydrogen) atoms. The van der Waals surface area contributed by atoms with Crippen LogP contribution in [0.2, 0.25) is 0 Å². The molecule has 0 heterocycles. The molecule has 6 radical (unpaired) electrons. The molecular formula is CrLiPSe. The second kappa shape index (κ2) is 19.5. The summed E-state index contributed by atoms with van der Waals surface area (Å²) in [5, 5.41) is 0. The van der Waals surface area contributed by atoms with Crippen LogP contribution in [0.25, 0.3) is 0 Å². The molecule has 0 bridgehead atoms. The third-order valence-electron chi connectivity index (χ3n) is 0. The van der Waals surface area contributed by atoms with Crippen LogP contribution in [-0.4, -0.2) is 35.9 Å². The van der Waals surface area contributed by atoms with E-state index >= 15 is 0 Å². The monoisotopic (exact) mass is 170 g/mol. The topological polar surface area (TPSA) is 0 Å². The maximum Gasteiger partial charge on any atom is 0 e. The van der Waals surface area contributed by atoms with E-state index in [1.807, 2.05) is 0 Å². The average molecular weight is 169 g/mol. The Bertz CT molecular complexity index is 8.00. The summed E-state index contributed by atoms with van der Waals surface area (Å²) >= 11 is 0. The SMILES string of the molecule is [Cr].[Li].[P].[Se]. The van der Waals surface area contributed by atoms with Crippen molar-refractivity contribution in [1.29, 1.82) is 0 Å². The van der Waals surface area contributed by atoms with Crippen LogP contribution in [0, 0.1) is 0 Å². The molecule has 0 unspecified atom stereocenters. The van der Waals surface area contributed by atoms with Crippen LogP contribution in [0.4, 0.5) is 0 Å². The molecule has 0 aliphatic heterocycles. The van der Waals surface area contributed by atoms with Crippen LogP contribution < -0.4 is 0 Å². The van der Waals surface area contributed by atoms with Gasteiger partial charge in [-0.15, -0.1) is 0 Å². The molecular weight excluding hydrogens is 169 g/mol. The minimum Gasteiger partial charge on any atom is 0 e. The Morgan fingerprint density at radius 2 is 1.00 bits per heavy atom. The summed E-state index contributed by atoms with van der Waals surface area (Å²) in [5.74, 6) is 0. The molecule has 0 aromatic rings. The molecule has 0 amide bonds. The zero-order valence-corrected chi connectivity index (χ0v) is 6.15. The van der Waals surface area contributed by atoms with Gasteiger partial charge in [0.1, 0.15) is 0 Å². The molecule has 0 saturated heterocycles. The Balaban J connectivity index is 0. The molecule has 0 aromatic carbocycles. The Hall–Kier alpha value is 2.08. The summed E-state index contributed by atoms with van der Waals surface area (Å²) in [6.07, 6.45) is 0. The van der Waals surface area contributed by atoms with Crippen molar-refractivity contribution in [2.75, 3.05) is 0 Å². The van der Waals surface area contributed by atoms with Crippen LogP contribution >= 0.6 is 9.90 Å². The fourth-order valence-corrected chi connectivity index (χ4v) is 0. The molecule has 0 fully saturated rings. The predicted molar refractivity (Wildman–Crippen MR) is 18.4 cm³/mol. The smallest absolute Gasteiger partial charge is 0 e. The van der Waals surface area contributed by atoms with Gasteiger partial charge in [0.2, 0.25) is 0 Å². The van der Waals surface area contributed by atoms with Crippen molar-refractivity contribution in [3.05, 3.63) is 0 Å². The van der Waals surface area contributed by atoms with E-state index in [0.717, 1.165) is 0 Å². The van der Waals surface area contributed by atoms with Crippen LogP contribution in [0.3, 0.4) is 0 Å². The number of rotatable bonds is 0. The Labute approximate surface area is 62.9 Å². The molecule has 0 aliphatic rings. The molecule has 0 rings (SSSR count). The van der Waals surface area contributed by atoms with Crippen molar-refractivity contribution in [2.24, 2.45) is 0 Å². The molecule has 0 nitrogen and oxygen atoms in total. The van der Waals surface area contributed by atoms with E-state index < -0.39 is 0 Å². The molecule has 18 valence electrons. The van der Waals surface area contributed by atoms with Crippen LogP contribution in [0.1, 0.15) is 0 Å². The summed E-state index contributed by atoms with van der Waals surface area (Å²) in [7, 11) is 0. The Morgan fingerprint density at radius 1 is 1.00 bits per heavy atom. The van der Waals surface area contributed by atoms with E-state index in [-0.39, 0.29) is 63.2 Å². The molecule has 0 aliphatic carbocycles. The maximum absolute atomic E-state index is 0. The van der Waals surface area contributed by atoms with Gasteiger partial charge in [-0.25, -0.2) is 0 Å². The molecule has 4 heteroatoms. The first-order chi connectivity index (χ1) is 0. The second-order valence-electron chi connectivity index (χ2n) is 0.